The second-order valence-electron chi connectivity index (χ2n) is 4.25. The number of carbonyl (C=O) groups is 2. The maximum atomic E-state index is 11.5. The Morgan fingerprint density at radius 2 is 2.00 bits per heavy atom. The van der Waals surface area contributed by atoms with Crippen molar-refractivity contribution < 1.29 is 14.3 Å². The van der Waals surface area contributed by atoms with Crippen molar-refractivity contribution in [3.8, 4) is 0 Å². The Labute approximate surface area is 90.6 Å². The standard InChI is InChI=1S/C11H19NO3/c1-4-15-10(13)7-12-5-9(6-12)11(14)8(2)3/h8-9H,4-7H2,1-3H3. The van der Waals surface area contributed by atoms with Crippen LogP contribution in [-0.4, -0.2) is 42.9 Å². The SMILES string of the molecule is CCOC(=O)CN1CC(C(=O)C(C)C)C1. The molecule has 86 valence electrons. The van der Waals surface area contributed by atoms with Crippen LogP contribution in [0.25, 0.3) is 0 Å². The molecule has 15 heavy (non-hydrogen) atoms. The number of esters is 1. The first kappa shape index (κ1) is 12.2. The van der Waals surface area contributed by atoms with Crippen LogP contribution in [-0.2, 0) is 14.3 Å². The molecule has 0 aromatic carbocycles. The summed E-state index contributed by atoms with van der Waals surface area (Å²) in [7, 11) is 0. The lowest BCUT2D eigenvalue weighted by Gasteiger charge is -2.38. The number of likely N-dealkylation sites (tertiary alicyclic amines) is 1. The predicted octanol–water partition coefficient (Wildman–Crippen LogP) is 0.706. The smallest absolute Gasteiger partial charge is 0.320 e. The summed E-state index contributed by atoms with van der Waals surface area (Å²) in [6.07, 6.45) is 0. The molecule has 1 saturated heterocycles. The van der Waals surface area contributed by atoms with Crippen LogP contribution in [0.15, 0.2) is 0 Å². The topological polar surface area (TPSA) is 46.6 Å². The minimum atomic E-state index is -0.201. The van der Waals surface area contributed by atoms with E-state index in [9.17, 15) is 9.59 Å². The lowest BCUT2D eigenvalue weighted by Crippen LogP contribution is -2.53. The van der Waals surface area contributed by atoms with Gasteiger partial charge in [-0.25, -0.2) is 0 Å². The van der Waals surface area contributed by atoms with E-state index in [0.29, 0.717) is 32.0 Å². The average molecular weight is 213 g/mol. The normalized spacial score (nSPS) is 17.6. The van der Waals surface area contributed by atoms with Gasteiger partial charge < -0.3 is 4.74 Å². The summed E-state index contributed by atoms with van der Waals surface area (Å²) in [5.74, 6) is 0.322. The molecule has 0 atom stereocenters. The Morgan fingerprint density at radius 1 is 1.40 bits per heavy atom. The fourth-order valence-electron chi connectivity index (χ4n) is 1.74. The molecule has 0 unspecified atom stereocenters. The maximum absolute atomic E-state index is 11.5. The van der Waals surface area contributed by atoms with Crippen molar-refractivity contribution in [1.82, 2.24) is 4.90 Å². The highest BCUT2D eigenvalue weighted by molar-refractivity contribution is 5.84. The van der Waals surface area contributed by atoms with Gasteiger partial charge in [0.1, 0.15) is 5.78 Å². The third kappa shape index (κ3) is 3.30. The Hall–Kier alpha value is -0.900. The van der Waals surface area contributed by atoms with Gasteiger partial charge in [-0.3, -0.25) is 14.5 Å². The summed E-state index contributed by atoms with van der Waals surface area (Å²) in [5.41, 5.74) is 0. The van der Waals surface area contributed by atoms with E-state index in [0.717, 1.165) is 0 Å². The molecule has 0 spiro atoms. The zero-order chi connectivity index (χ0) is 11.4. The van der Waals surface area contributed by atoms with E-state index in [-0.39, 0.29) is 17.8 Å². The number of Topliss-reactive ketones (excluding diaryl/α,β-unsaturated/α-hetero) is 1. The lowest BCUT2D eigenvalue weighted by molar-refractivity contribution is -0.148. The molecule has 0 aromatic heterocycles. The molecule has 0 aliphatic carbocycles. The van der Waals surface area contributed by atoms with Gasteiger partial charge in [0.15, 0.2) is 0 Å². The molecular formula is C11H19NO3. The quantitative estimate of drug-likeness (QED) is 0.631. The second-order valence-corrected chi connectivity index (χ2v) is 4.25. The molecule has 0 amide bonds. The van der Waals surface area contributed by atoms with Gasteiger partial charge >= 0.3 is 5.97 Å². The number of ketones is 1. The zero-order valence-electron chi connectivity index (χ0n) is 9.66. The highest BCUT2D eigenvalue weighted by Crippen LogP contribution is 2.19. The number of nitrogens with zero attached hydrogens (tertiary/aromatic N) is 1. The van der Waals surface area contributed by atoms with E-state index in [1.165, 1.54) is 0 Å². The first-order valence-corrected chi connectivity index (χ1v) is 5.46. The third-order valence-electron chi connectivity index (χ3n) is 2.59. The largest absolute Gasteiger partial charge is 0.465 e. The van der Waals surface area contributed by atoms with Crippen LogP contribution in [0.2, 0.25) is 0 Å². The maximum Gasteiger partial charge on any atom is 0.320 e. The Bertz CT molecular complexity index is 244. The van der Waals surface area contributed by atoms with Crippen LogP contribution in [0.1, 0.15) is 20.8 Å². The van der Waals surface area contributed by atoms with Crippen LogP contribution < -0.4 is 0 Å². The first-order valence-electron chi connectivity index (χ1n) is 5.46. The van der Waals surface area contributed by atoms with Gasteiger partial charge in [0, 0.05) is 24.9 Å². The molecule has 4 heteroatoms. The molecule has 0 saturated carbocycles. The molecule has 1 fully saturated rings. The molecule has 0 radical (unpaired) electrons. The van der Waals surface area contributed by atoms with E-state index < -0.39 is 0 Å². The lowest BCUT2D eigenvalue weighted by atomic mass is 9.89. The second kappa shape index (κ2) is 5.26. The van der Waals surface area contributed by atoms with Gasteiger partial charge in [-0.2, -0.15) is 0 Å². The zero-order valence-corrected chi connectivity index (χ0v) is 9.66. The summed E-state index contributed by atoms with van der Waals surface area (Å²) in [4.78, 5) is 24.6. The van der Waals surface area contributed by atoms with Crippen molar-refractivity contribution in [3.63, 3.8) is 0 Å². The van der Waals surface area contributed by atoms with E-state index in [1.807, 2.05) is 18.7 Å². The van der Waals surface area contributed by atoms with E-state index in [4.69, 9.17) is 4.74 Å². The minimum absolute atomic E-state index is 0.0970. The van der Waals surface area contributed by atoms with Crippen molar-refractivity contribution in [2.45, 2.75) is 20.8 Å². The molecule has 0 aromatic rings. The highest BCUT2D eigenvalue weighted by atomic mass is 16.5. The van der Waals surface area contributed by atoms with Crippen LogP contribution in [0.3, 0.4) is 0 Å². The number of ether oxygens (including phenoxy) is 1. The number of rotatable bonds is 5. The van der Waals surface area contributed by atoms with Crippen LogP contribution in [0, 0.1) is 11.8 Å². The van der Waals surface area contributed by atoms with Crippen LogP contribution in [0.5, 0.6) is 0 Å². The molecule has 1 aliphatic rings. The number of hydrogen-bond donors (Lipinski definition) is 0. The van der Waals surface area contributed by atoms with Gasteiger partial charge in [-0.15, -0.1) is 0 Å². The number of carbonyl (C=O) groups excluding carboxylic acids is 2. The summed E-state index contributed by atoms with van der Waals surface area (Å²) < 4.78 is 4.83. The molecular weight excluding hydrogens is 194 g/mol. The predicted molar refractivity (Wildman–Crippen MR) is 56.4 cm³/mol. The van der Waals surface area contributed by atoms with E-state index in [1.54, 1.807) is 6.92 Å². The Kier molecular flexibility index (Phi) is 4.27. The van der Waals surface area contributed by atoms with Gasteiger partial charge in [-0.05, 0) is 6.92 Å². The molecule has 1 aliphatic heterocycles. The monoisotopic (exact) mass is 213 g/mol. The van der Waals surface area contributed by atoms with Crippen molar-refractivity contribution in [3.05, 3.63) is 0 Å². The van der Waals surface area contributed by atoms with Gasteiger partial charge in [0.25, 0.3) is 0 Å². The fraction of sp³-hybridized carbons (Fsp3) is 0.818. The molecule has 4 nitrogen and oxygen atoms in total. The van der Waals surface area contributed by atoms with Gasteiger partial charge in [-0.1, -0.05) is 13.8 Å². The minimum Gasteiger partial charge on any atom is -0.465 e. The van der Waals surface area contributed by atoms with E-state index >= 15 is 0 Å². The fourth-order valence-corrected chi connectivity index (χ4v) is 1.74. The van der Waals surface area contributed by atoms with Crippen LogP contribution >= 0.6 is 0 Å². The van der Waals surface area contributed by atoms with Crippen molar-refractivity contribution in [2.24, 2.45) is 11.8 Å². The van der Waals surface area contributed by atoms with Crippen molar-refractivity contribution in [2.75, 3.05) is 26.2 Å². The first-order chi connectivity index (χ1) is 7.04. The summed E-state index contributed by atoms with van der Waals surface area (Å²) >= 11 is 0. The molecule has 1 rings (SSSR count). The summed E-state index contributed by atoms with van der Waals surface area (Å²) in [6, 6.07) is 0. The Balaban J connectivity index is 2.20. The summed E-state index contributed by atoms with van der Waals surface area (Å²) in [5, 5.41) is 0. The molecule has 0 bridgehead atoms. The van der Waals surface area contributed by atoms with Gasteiger partial charge in [0.05, 0.1) is 13.2 Å². The van der Waals surface area contributed by atoms with Crippen molar-refractivity contribution >= 4 is 11.8 Å². The average Bonchev–Trinajstić information content (AvgIpc) is 2.09. The van der Waals surface area contributed by atoms with Crippen LogP contribution in [0.4, 0.5) is 0 Å². The summed E-state index contributed by atoms with van der Waals surface area (Å²) in [6.45, 7) is 7.76. The van der Waals surface area contributed by atoms with E-state index in [2.05, 4.69) is 0 Å². The third-order valence-corrected chi connectivity index (χ3v) is 2.59. The van der Waals surface area contributed by atoms with Crippen molar-refractivity contribution in [1.29, 1.82) is 0 Å². The Morgan fingerprint density at radius 3 is 2.47 bits per heavy atom. The molecule has 0 N–H and O–H groups in total. The molecule has 1 heterocycles. The van der Waals surface area contributed by atoms with Gasteiger partial charge in [0.2, 0.25) is 0 Å². The number of hydrogen-bond acceptors (Lipinski definition) is 4. The highest BCUT2D eigenvalue weighted by Gasteiger charge is 2.34.